The monoisotopic (exact) mass is 186 g/mol. The van der Waals surface area contributed by atoms with E-state index in [-0.39, 0.29) is 17.1 Å². The molecule has 1 aliphatic rings. The number of carbonyl (C=O) groups is 1. The van der Waals surface area contributed by atoms with Gasteiger partial charge in [0.05, 0.1) is 0 Å². The quantitative estimate of drug-likeness (QED) is 0.455. The number of allylic oxidation sites excluding steroid dienone is 2. The Bertz CT molecular complexity index is 230. The lowest BCUT2D eigenvalue weighted by molar-refractivity contribution is -0.120. The van der Waals surface area contributed by atoms with Gasteiger partial charge in [-0.2, -0.15) is 0 Å². The molecule has 0 saturated heterocycles. The Hall–Kier alpha value is -0.300. The molecular weight excluding hydrogens is 172 g/mol. The standard InChI is InChI=1S/C10H15ClO/c1-6-4-9(8(3)12)10(11)5-7(6)2/h9-10H,4-5H2,1-3H3/t9-,10+/m0/s1. The number of rotatable bonds is 1. The molecule has 2 heteroatoms. The van der Waals surface area contributed by atoms with E-state index in [1.165, 1.54) is 11.1 Å². The van der Waals surface area contributed by atoms with Gasteiger partial charge >= 0.3 is 0 Å². The first kappa shape index (κ1) is 9.79. The molecule has 0 unspecified atom stereocenters. The predicted molar refractivity (Wildman–Crippen MR) is 51.4 cm³/mol. The van der Waals surface area contributed by atoms with Crippen molar-refractivity contribution in [1.29, 1.82) is 0 Å². The number of alkyl halides is 1. The van der Waals surface area contributed by atoms with Crippen LogP contribution in [0.1, 0.15) is 33.6 Å². The highest BCUT2D eigenvalue weighted by atomic mass is 35.5. The molecule has 68 valence electrons. The molecule has 0 radical (unpaired) electrons. The molecule has 0 aliphatic heterocycles. The van der Waals surface area contributed by atoms with E-state index in [1.807, 2.05) is 0 Å². The number of halogens is 1. The number of ketones is 1. The smallest absolute Gasteiger partial charge is 0.134 e. The van der Waals surface area contributed by atoms with E-state index in [9.17, 15) is 4.79 Å². The van der Waals surface area contributed by atoms with E-state index in [1.54, 1.807) is 6.92 Å². The molecule has 0 aromatic heterocycles. The molecule has 12 heavy (non-hydrogen) atoms. The number of carbonyl (C=O) groups excluding carboxylic acids is 1. The van der Waals surface area contributed by atoms with Gasteiger partial charge in [0.15, 0.2) is 0 Å². The summed E-state index contributed by atoms with van der Waals surface area (Å²) in [5, 5.41) is 0.0196. The zero-order valence-electron chi connectivity index (χ0n) is 7.86. The third-order valence-electron chi connectivity index (χ3n) is 2.71. The van der Waals surface area contributed by atoms with Crippen LogP contribution in [0.3, 0.4) is 0 Å². The first-order valence-electron chi connectivity index (χ1n) is 4.32. The third-order valence-corrected chi connectivity index (χ3v) is 3.17. The highest BCUT2D eigenvalue weighted by Gasteiger charge is 2.28. The predicted octanol–water partition coefficient (Wildman–Crippen LogP) is 2.93. The Morgan fingerprint density at radius 2 is 1.83 bits per heavy atom. The maximum Gasteiger partial charge on any atom is 0.134 e. The van der Waals surface area contributed by atoms with Crippen LogP contribution in [0.4, 0.5) is 0 Å². The van der Waals surface area contributed by atoms with Gasteiger partial charge in [-0.15, -0.1) is 11.6 Å². The Balaban J connectivity index is 2.79. The van der Waals surface area contributed by atoms with Gasteiger partial charge in [-0.3, -0.25) is 4.79 Å². The molecule has 1 rings (SSSR count). The Morgan fingerprint density at radius 1 is 1.33 bits per heavy atom. The molecule has 0 heterocycles. The van der Waals surface area contributed by atoms with Crippen LogP contribution in [0.2, 0.25) is 0 Å². The minimum Gasteiger partial charge on any atom is -0.300 e. The summed E-state index contributed by atoms with van der Waals surface area (Å²) in [7, 11) is 0. The lowest BCUT2D eigenvalue weighted by atomic mass is 9.83. The molecule has 0 fully saturated rings. The van der Waals surface area contributed by atoms with Crippen molar-refractivity contribution in [2.45, 2.75) is 39.0 Å². The number of hydrogen-bond donors (Lipinski definition) is 0. The largest absolute Gasteiger partial charge is 0.300 e. The highest BCUT2D eigenvalue weighted by Crippen LogP contribution is 2.33. The van der Waals surface area contributed by atoms with Gasteiger partial charge in [-0.1, -0.05) is 11.1 Å². The summed E-state index contributed by atoms with van der Waals surface area (Å²) in [5.41, 5.74) is 2.69. The van der Waals surface area contributed by atoms with Crippen LogP contribution in [-0.4, -0.2) is 11.2 Å². The van der Waals surface area contributed by atoms with E-state index in [2.05, 4.69) is 13.8 Å². The molecule has 0 amide bonds. The summed E-state index contributed by atoms with van der Waals surface area (Å²) >= 11 is 6.08. The maximum absolute atomic E-state index is 11.2. The van der Waals surface area contributed by atoms with Gasteiger partial charge in [0, 0.05) is 11.3 Å². The summed E-state index contributed by atoms with van der Waals surface area (Å²) < 4.78 is 0. The minimum atomic E-state index is 0.0196. The second-order valence-corrected chi connectivity index (χ2v) is 4.26. The lowest BCUT2D eigenvalue weighted by Crippen LogP contribution is -2.26. The van der Waals surface area contributed by atoms with Crippen molar-refractivity contribution in [2.75, 3.05) is 0 Å². The van der Waals surface area contributed by atoms with Gasteiger partial charge < -0.3 is 0 Å². The Kier molecular flexibility index (Phi) is 2.94. The van der Waals surface area contributed by atoms with Crippen molar-refractivity contribution >= 4 is 17.4 Å². The fraction of sp³-hybridized carbons (Fsp3) is 0.700. The number of Topliss-reactive ketones (excluding diaryl/α,β-unsaturated/α-hetero) is 1. The maximum atomic E-state index is 11.2. The minimum absolute atomic E-state index is 0.0196. The second-order valence-electron chi connectivity index (χ2n) is 3.70. The normalized spacial score (nSPS) is 30.7. The van der Waals surface area contributed by atoms with Crippen LogP contribution in [-0.2, 0) is 4.79 Å². The average Bonchev–Trinajstić information content (AvgIpc) is 1.96. The fourth-order valence-corrected chi connectivity index (χ4v) is 2.14. The van der Waals surface area contributed by atoms with E-state index in [4.69, 9.17) is 11.6 Å². The van der Waals surface area contributed by atoms with Crippen LogP contribution in [0.25, 0.3) is 0 Å². The van der Waals surface area contributed by atoms with Crippen molar-refractivity contribution in [3.63, 3.8) is 0 Å². The van der Waals surface area contributed by atoms with Crippen molar-refractivity contribution in [3.8, 4) is 0 Å². The van der Waals surface area contributed by atoms with Crippen molar-refractivity contribution in [1.82, 2.24) is 0 Å². The SMILES string of the molecule is CC(=O)[C@@H]1CC(C)=C(C)C[C@H]1Cl. The molecule has 0 bridgehead atoms. The molecule has 0 saturated carbocycles. The summed E-state index contributed by atoms with van der Waals surface area (Å²) in [5.74, 6) is 0.275. The van der Waals surface area contributed by atoms with Gasteiger partial charge in [0.25, 0.3) is 0 Å². The van der Waals surface area contributed by atoms with Crippen molar-refractivity contribution < 1.29 is 4.79 Å². The van der Waals surface area contributed by atoms with Crippen LogP contribution in [0.5, 0.6) is 0 Å². The van der Waals surface area contributed by atoms with E-state index in [0.717, 1.165) is 12.8 Å². The fourth-order valence-electron chi connectivity index (χ4n) is 1.64. The van der Waals surface area contributed by atoms with E-state index >= 15 is 0 Å². The zero-order valence-corrected chi connectivity index (χ0v) is 8.61. The van der Waals surface area contributed by atoms with Gasteiger partial charge in [0.1, 0.15) is 5.78 Å². The molecule has 2 atom stereocenters. The molecule has 1 nitrogen and oxygen atoms in total. The van der Waals surface area contributed by atoms with Crippen molar-refractivity contribution in [2.24, 2.45) is 5.92 Å². The van der Waals surface area contributed by atoms with Crippen LogP contribution in [0.15, 0.2) is 11.1 Å². The Morgan fingerprint density at radius 3 is 2.33 bits per heavy atom. The molecule has 0 N–H and O–H groups in total. The van der Waals surface area contributed by atoms with Crippen LogP contribution in [0, 0.1) is 5.92 Å². The zero-order chi connectivity index (χ0) is 9.30. The summed E-state index contributed by atoms with van der Waals surface area (Å²) in [4.78, 5) is 11.2. The molecule has 0 spiro atoms. The number of hydrogen-bond acceptors (Lipinski definition) is 1. The van der Waals surface area contributed by atoms with Gasteiger partial charge in [-0.25, -0.2) is 0 Å². The Labute approximate surface area is 78.8 Å². The first-order valence-corrected chi connectivity index (χ1v) is 4.75. The summed E-state index contributed by atoms with van der Waals surface area (Å²) in [6.45, 7) is 5.82. The third kappa shape index (κ3) is 1.89. The lowest BCUT2D eigenvalue weighted by Gasteiger charge is -2.26. The molecular formula is C10H15ClO. The molecule has 0 aromatic rings. The molecule has 0 aromatic carbocycles. The van der Waals surface area contributed by atoms with Crippen LogP contribution >= 0.6 is 11.6 Å². The summed E-state index contributed by atoms with van der Waals surface area (Å²) in [6, 6.07) is 0. The topological polar surface area (TPSA) is 17.1 Å². The van der Waals surface area contributed by atoms with E-state index < -0.39 is 0 Å². The molecule has 1 aliphatic carbocycles. The average molecular weight is 187 g/mol. The second kappa shape index (κ2) is 3.61. The first-order chi connectivity index (χ1) is 5.52. The van der Waals surface area contributed by atoms with Crippen LogP contribution < -0.4 is 0 Å². The van der Waals surface area contributed by atoms with E-state index in [0.29, 0.717) is 0 Å². The van der Waals surface area contributed by atoms with Gasteiger partial charge in [0.2, 0.25) is 0 Å². The van der Waals surface area contributed by atoms with Gasteiger partial charge in [-0.05, 0) is 33.6 Å². The van der Waals surface area contributed by atoms with Crippen molar-refractivity contribution in [3.05, 3.63) is 11.1 Å². The summed E-state index contributed by atoms with van der Waals surface area (Å²) in [6.07, 6.45) is 1.73. The highest BCUT2D eigenvalue weighted by molar-refractivity contribution is 6.22.